The third kappa shape index (κ3) is 10.6. The molecule has 0 bridgehead atoms. The van der Waals surface area contributed by atoms with Crippen molar-refractivity contribution >= 4 is 10.0 Å². The van der Waals surface area contributed by atoms with Crippen LogP contribution in [0.25, 0.3) is 0 Å². The Morgan fingerprint density at radius 3 is 2.08 bits per heavy atom. The Kier molecular flexibility index (Phi) is 13.9. The summed E-state index contributed by atoms with van der Waals surface area (Å²) in [6.07, 6.45) is 4.62. The fraction of sp³-hybridized carbons (Fsp3) is 1.00. The van der Waals surface area contributed by atoms with Gasteiger partial charge in [0.15, 0.2) is 0 Å². The second kappa shape index (κ2) is 14.0. The van der Waals surface area contributed by atoms with Crippen molar-refractivity contribution in [3.8, 4) is 0 Å². The topological polar surface area (TPSA) is 49.9 Å². The van der Waals surface area contributed by atoms with Gasteiger partial charge in [0.2, 0.25) is 10.0 Å². The van der Waals surface area contributed by atoms with E-state index in [0.29, 0.717) is 13.1 Å². The Hall–Kier alpha value is -0.170. The van der Waals surface area contributed by atoms with Crippen molar-refractivity contribution in [2.24, 2.45) is 5.92 Å². The summed E-state index contributed by atoms with van der Waals surface area (Å²) < 4.78 is 30.8. The van der Waals surface area contributed by atoms with Gasteiger partial charge in [0.05, 0.1) is 5.75 Å². The molecule has 0 aliphatic carbocycles. The molecule has 6 heteroatoms. The molecule has 1 aliphatic heterocycles. The molecule has 0 aromatic heterocycles. The van der Waals surface area contributed by atoms with Crippen LogP contribution in [0.3, 0.4) is 0 Å². The highest BCUT2D eigenvalue weighted by Gasteiger charge is 2.24. The first kappa shape index (κ1) is 23.8. The van der Waals surface area contributed by atoms with Crippen molar-refractivity contribution in [1.82, 2.24) is 9.21 Å². The number of piperazine rings is 1. The molecule has 1 fully saturated rings. The second-order valence-corrected chi connectivity index (χ2v) is 8.75. The first-order valence-corrected chi connectivity index (χ1v) is 11.3. The van der Waals surface area contributed by atoms with Crippen LogP contribution in [-0.2, 0) is 14.8 Å². The Balaban J connectivity index is 0.00000254. The van der Waals surface area contributed by atoms with Gasteiger partial charge in [-0.25, -0.2) is 8.42 Å². The smallest absolute Gasteiger partial charge is 0.213 e. The van der Waals surface area contributed by atoms with Crippen LogP contribution in [0.5, 0.6) is 0 Å². The van der Waals surface area contributed by atoms with Crippen LogP contribution in [0.2, 0.25) is 0 Å². The van der Waals surface area contributed by atoms with E-state index >= 15 is 0 Å². The third-order valence-electron chi connectivity index (χ3n) is 4.17. The third-order valence-corrected chi connectivity index (χ3v) is 6.05. The van der Waals surface area contributed by atoms with Crippen molar-refractivity contribution < 1.29 is 13.2 Å². The van der Waals surface area contributed by atoms with Crippen molar-refractivity contribution in [2.75, 3.05) is 51.7 Å². The zero-order valence-electron chi connectivity index (χ0n) is 16.6. The van der Waals surface area contributed by atoms with Gasteiger partial charge in [-0.05, 0) is 45.1 Å². The van der Waals surface area contributed by atoms with Gasteiger partial charge < -0.3 is 9.64 Å². The largest absolute Gasteiger partial charge is 0.381 e. The summed E-state index contributed by atoms with van der Waals surface area (Å²) in [4.78, 5) is 2.36. The highest BCUT2D eigenvalue weighted by Crippen LogP contribution is 2.09. The first-order chi connectivity index (χ1) is 11.5. The van der Waals surface area contributed by atoms with Gasteiger partial charge in [-0.2, -0.15) is 4.31 Å². The molecule has 0 unspecified atom stereocenters. The minimum Gasteiger partial charge on any atom is -0.381 e. The molecule has 1 heterocycles. The quantitative estimate of drug-likeness (QED) is 0.528. The lowest BCUT2D eigenvalue weighted by Gasteiger charge is -2.33. The Morgan fingerprint density at radius 1 is 0.958 bits per heavy atom. The SMILES string of the molecule is CC.CCS(=O)(=O)N1CCN(CCCCOCCCC(C)C)CC1. The molecule has 146 valence electrons. The Bertz CT molecular complexity index is 378. The van der Waals surface area contributed by atoms with Crippen LogP contribution >= 0.6 is 0 Å². The molecule has 0 radical (unpaired) electrons. The van der Waals surface area contributed by atoms with Crippen LogP contribution in [0.15, 0.2) is 0 Å². The Morgan fingerprint density at radius 2 is 1.54 bits per heavy atom. The molecule has 1 rings (SSSR count). The fourth-order valence-corrected chi connectivity index (χ4v) is 3.73. The normalized spacial score (nSPS) is 16.9. The predicted molar refractivity (Wildman–Crippen MR) is 103 cm³/mol. The summed E-state index contributed by atoms with van der Waals surface area (Å²) in [6, 6.07) is 0. The van der Waals surface area contributed by atoms with Gasteiger partial charge in [0.25, 0.3) is 0 Å². The van der Waals surface area contributed by atoms with Gasteiger partial charge in [0.1, 0.15) is 0 Å². The molecular weight excluding hydrogens is 324 g/mol. The lowest BCUT2D eigenvalue weighted by atomic mass is 10.1. The van der Waals surface area contributed by atoms with Crippen LogP contribution in [0, 0.1) is 5.92 Å². The van der Waals surface area contributed by atoms with E-state index < -0.39 is 10.0 Å². The minimum absolute atomic E-state index is 0.209. The fourth-order valence-electron chi connectivity index (χ4n) is 2.65. The summed E-state index contributed by atoms with van der Waals surface area (Å²) in [5.74, 6) is 0.972. The predicted octanol–water partition coefficient (Wildman–Crippen LogP) is 3.21. The molecular formula is C18H40N2O3S. The van der Waals surface area contributed by atoms with Crippen LogP contribution < -0.4 is 0 Å². The highest BCUT2D eigenvalue weighted by molar-refractivity contribution is 7.89. The molecule has 0 atom stereocenters. The standard InChI is InChI=1S/C16H34N2O3S.C2H6/c1-4-22(19,20)18-12-10-17(11-13-18)9-5-6-14-21-15-7-8-16(2)3;1-2/h16H,4-15H2,1-3H3;1-2H3. The van der Waals surface area contributed by atoms with E-state index in [4.69, 9.17) is 4.74 Å². The van der Waals surface area contributed by atoms with E-state index in [9.17, 15) is 8.42 Å². The highest BCUT2D eigenvalue weighted by atomic mass is 32.2. The number of unbranched alkanes of at least 4 members (excludes halogenated alkanes) is 1. The Labute approximate surface area is 150 Å². The summed E-state index contributed by atoms with van der Waals surface area (Å²) in [5.41, 5.74) is 0. The van der Waals surface area contributed by atoms with Crippen molar-refractivity contribution in [3.05, 3.63) is 0 Å². The molecule has 24 heavy (non-hydrogen) atoms. The molecule has 0 saturated carbocycles. The molecule has 1 aliphatic rings. The molecule has 0 amide bonds. The maximum Gasteiger partial charge on any atom is 0.213 e. The summed E-state index contributed by atoms with van der Waals surface area (Å²) >= 11 is 0. The summed E-state index contributed by atoms with van der Waals surface area (Å²) in [5, 5.41) is 0. The van der Waals surface area contributed by atoms with Gasteiger partial charge >= 0.3 is 0 Å². The number of rotatable bonds is 11. The number of hydrogen-bond acceptors (Lipinski definition) is 4. The number of sulfonamides is 1. The molecule has 5 nitrogen and oxygen atoms in total. The zero-order chi connectivity index (χ0) is 18.4. The lowest BCUT2D eigenvalue weighted by molar-refractivity contribution is 0.118. The van der Waals surface area contributed by atoms with Gasteiger partial charge in [-0.1, -0.05) is 27.7 Å². The van der Waals surface area contributed by atoms with Crippen molar-refractivity contribution in [3.63, 3.8) is 0 Å². The molecule has 0 aromatic carbocycles. The average Bonchev–Trinajstić information content (AvgIpc) is 2.59. The summed E-state index contributed by atoms with van der Waals surface area (Å²) in [6.45, 7) is 16.0. The second-order valence-electron chi connectivity index (χ2n) is 6.50. The monoisotopic (exact) mass is 364 g/mol. The number of ether oxygens (including phenoxy) is 1. The van der Waals surface area contributed by atoms with Crippen LogP contribution in [0.4, 0.5) is 0 Å². The van der Waals surface area contributed by atoms with Gasteiger partial charge in [-0.3, -0.25) is 0 Å². The maximum atomic E-state index is 11.8. The molecule has 1 saturated heterocycles. The summed E-state index contributed by atoms with van der Waals surface area (Å²) in [7, 11) is -3.00. The van der Waals surface area contributed by atoms with Crippen molar-refractivity contribution in [1.29, 1.82) is 0 Å². The van der Waals surface area contributed by atoms with E-state index in [2.05, 4.69) is 18.7 Å². The number of hydrogen-bond donors (Lipinski definition) is 0. The maximum absolute atomic E-state index is 11.8. The molecule has 0 aromatic rings. The van der Waals surface area contributed by atoms with Crippen molar-refractivity contribution in [2.45, 2.75) is 60.3 Å². The van der Waals surface area contributed by atoms with E-state index in [-0.39, 0.29) is 5.75 Å². The van der Waals surface area contributed by atoms with E-state index in [1.807, 2.05) is 13.8 Å². The van der Waals surface area contributed by atoms with Gasteiger partial charge in [-0.15, -0.1) is 0 Å². The minimum atomic E-state index is -3.00. The van der Waals surface area contributed by atoms with E-state index in [1.165, 1.54) is 6.42 Å². The molecule has 0 N–H and O–H groups in total. The lowest BCUT2D eigenvalue weighted by Crippen LogP contribution is -2.49. The first-order valence-electron chi connectivity index (χ1n) is 9.73. The van der Waals surface area contributed by atoms with Gasteiger partial charge in [0, 0.05) is 39.4 Å². The number of nitrogens with zero attached hydrogens (tertiary/aromatic N) is 2. The zero-order valence-corrected chi connectivity index (χ0v) is 17.4. The van der Waals surface area contributed by atoms with E-state index in [1.54, 1.807) is 11.2 Å². The van der Waals surface area contributed by atoms with E-state index in [0.717, 1.165) is 58.0 Å². The van der Waals surface area contributed by atoms with Crippen LogP contribution in [-0.4, -0.2) is 69.3 Å². The van der Waals surface area contributed by atoms with Crippen LogP contribution in [0.1, 0.15) is 60.3 Å². The molecule has 0 spiro atoms. The average molecular weight is 365 g/mol.